The minimum absolute atomic E-state index is 0.231. The van der Waals surface area contributed by atoms with Crippen molar-refractivity contribution in [1.82, 2.24) is 24.9 Å². The van der Waals surface area contributed by atoms with E-state index in [-0.39, 0.29) is 11.3 Å². The SMILES string of the molecule is CCNC(=NCC1(C(=O)N(C)C)CCCC1)N1CCC(c2cnn(C)c2)C1. The van der Waals surface area contributed by atoms with Crippen molar-refractivity contribution in [3.63, 3.8) is 0 Å². The summed E-state index contributed by atoms with van der Waals surface area (Å²) in [7, 11) is 5.68. The normalized spacial score (nSPS) is 22.3. The first-order valence-corrected chi connectivity index (χ1v) is 10.2. The number of aliphatic imine (C=N–C) groups is 1. The molecule has 2 fully saturated rings. The molecule has 27 heavy (non-hydrogen) atoms. The number of amides is 1. The van der Waals surface area contributed by atoms with Gasteiger partial charge in [-0.2, -0.15) is 5.10 Å². The molecule has 1 aromatic rings. The van der Waals surface area contributed by atoms with Crippen molar-refractivity contribution in [1.29, 1.82) is 0 Å². The van der Waals surface area contributed by atoms with Gasteiger partial charge in [0.1, 0.15) is 0 Å². The second-order valence-corrected chi connectivity index (χ2v) is 8.24. The van der Waals surface area contributed by atoms with Crippen LogP contribution in [0, 0.1) is 5.41 Å². The average Bonchev–Trinajstić information content (AvgIpc) is 3.38. The summed E-state index contributed by atoms with van der Waals surface area (Å²) in [4.78, 5) is 21.8. The summed E-state index contributed by atoms with van der Waals surface area (Å²) in [6, 6.07) is 0. The lowest BCUT2D eigenvalue weighted by Gasteiger charge is -2.30. The van der Waals surface area contributed by atoms with Gasteiger partial charge < -0.3 is 15.1 Å². The van der Waals surface area contributed by atoms with Gasteiger partial charge in [-0.1, -0.05) is 12.8 Å². The van der Waals surface area contributed by atoms with Crippen LogP contribution in [-0.2, 0) is 11.8 Å². The summed E-state index contributed by atoms with van der Waals surface area (Å²) in [5.74, 6) is 1.67. The Balaban J connectivity index is 1.72. The lowest BCUT2D eigenvalue weighted by molar-refractivity contribution is -0.138. The fourth-order valence-corrected chi connectivity index (χ4v) is 4.49. The van der Waals surface area contributed by atoms with E-state index in [1.165, 1.54) is 5.56 Å². The number of hydrogen-bond acceptors (Lipinski definition) is 3. The van der Waals surface area contributed by atoms with Crippen LogP contribution in [0.2, 0.25) is 0 Å². The minimum atomic E-state index is -0.313. The third kappa shape index (κ3) is 4.28. The molecule has 150 valence electrons. The Hall–Kier alpha value is -2.05. The Kier molecular flexibility index (Phi) is 6.07. The second-order valence-electron chi connectivity index (χ2n) is 8.24. The van der Waals surface area contributed by atoms with E-state index in [2.05, 4.69) is 28.4 Å². The topological polar surface area (TPSA) is 65.8 Å². The summed E-state index contributed by atoms with van der Waals surface area (Å²) < 4.78 is 1.87. The molecule has 0 aromatic carbocycles. The monoisotopic (exact) mass is 374 g/mol. The number of nitrogens with one attached hydrogen (secondary N) is 1. The maximum absolute atomic E-state index is 12.8. The summed E-state index contributed by atoms with van der Waals surface area (Å²) >= 11 is 0. The Bertz CT molecular complexity index is 674. The minimum Gasteiger partial charge on any atom is -0.357 e. The number of carbonyl (C=O) groups excluding carboxylic acids is 1. The molecule has 1 saturated carbocycles. The molecule has 1 atom stereocenters. The molecule has 1 unspecified atom stereocenters. The highest BCUT2D eigenvalue weighted by molar-refractivity contribution is 5.84. The first-order valence-electron chi connectivity index (χ1n) is 10.2. The summed E-state index contributed by atoms with van der Waals surface area (Å²) in [5, 5.41) is 7.75. The number of aromatic nitrogens is 2. The molecule has 3 rings (SSSR count). The molecular formula is C20H34N6O. The van der Waals surface area contributed by atoms with Crippen LogP contribution in [0.3, 0.4) is 0 Å². The van der Waals surface area contributed by atoms with Gasteiger partial charge in [0.25, 0.3) is 0 Å². The zero-order valence-electron chi connectivity index (χ0n) is 17.2. The molecule has 1 aromatic heterocycles. The summed E-state index contributed by atoms with van der Waals surface area (Å²) in [6.45, 7) is 5.45. The van der Waals surface area contributed by atoms with Crippen LogP contribution in [0.4, 0.5) is 0 Å². The van der Waals surface area contributed by atoms with E-state index in [0.29, 0.717) is 12.5 Å². The van der Waals surface area contributed by atoms with Crippen molar-refractivity contribution in [2.24, 2.45) is 17.5 Å². The fourth-order valence-electron chi connectivity index (χ4n) is 4.49. The standard InChI is InChI=1S/C20H34N6O/c1-5-21-19(22-15-20(9-6-7-10-20)18(27)24(2)3)26-11-8-16(14-26)17-12-23-25(4)13-17/h12-13,16H,5-11,14-15H2,1-4H3,(H,21,22). The predicted octanol–water partition coefficient (Wildman–Crippen LogP) is 1.82. The molecule has 1 aliphatic carbocycles. The van der Waals surface area contributed by atoms with E-state index in [1.54, 1.807) is 4.90 Å². The van der Waals surface area contributed by atoms with E-state index >= 15 is 0 Å². The second kappa shape index (κ2) is 8.31. The van der Waals surface area contributed by atoms with E-state index in [9.17, 15) is 4.79 Å². The number of carbonyl (C=O) groups is 1. The van der Waals surface area contributed by atoms with Crippen molar-refractivity contribution >= 4 is 11.9 Å². The Labute approximate surface area is 162 Å². The number of guanidine groups is 1. The molecule has 7 nitrogen and oxygen atoms in total. The summed E-state index contributed by atoms with van der Waals surface area (Å²) in [5.41, 5.74) is 0.984. The zero-order chi connectivity index (χ0) is 19.4. The molecule has 0 spiro atoms. The Morgan fingerprint density at radius 1 is 1.41 bits per heavy atom. The lowest BCUT2D eigenvalue weighted by Crippen LogP contribution is -2.44. The van der Waals surface area contributed by atoms with Crippen LogP contribution < -0.4 is 5.32 Å². The molecule has 1 saturated heterocycles. The van der Waals surface area contributed by atoms with Gasteiger partial charge in [0, 0.05) is 52.9 Å². The van der Waals surface area contributed by atoms with Crippen LogP contribution in [0.5, 0.6) is 0 Å². The quantitative estimate of drug-likeness (QED) is 0.631. The van der Waals surface area contributed by atoms with Gasteiger partial charge in [0.2, 0.25) is 5.91 Å². The summed E-state index contributed by atoms with van der Waals surface area (Å²) in [6.07, 6.45) is 9.34. The predicted molar refractivity (Wildman–Crippen MR) is 108 cm³/mol. The van der Waals surface area contributed by atoms with Gasteiger partial charge in [0.15, 0.2) is 5.96 Å². The highest BCUT2D eigenvalue weighted by Crippen LogP contribution is 2.40. The van der Waals surface area contributed by atoms with Crippen LogP contribution in [0.15, 0.2) is 17.4 Å². The number of aryl methyl sites for hydroxylation is 1. The van der Waals surface area contributed by atoms with Gasteiger partial charge in [-0.3, -0.25) is 14.5 Å². The van der Waals surface area contributed by atoms with Gasteiger partial charge in [-0.25, -0.2) is 0 Å². The molecule has 7 heteroatoms. The first kappa shape index (κ1) is 19.7. The third-order valence-electron chi connectivity index (χ3n) is 5.97. The third-order valence-corrected chi connectivity index (χ3v) is 5.97. The first-order chi connectivity index (χ1) is 12.9. The maximum Gasteiger partial charge on any atom is 0.230 e. The number of nitrogens with zero attached hydrogens (tertiary/aromatic N) is 5. The van der Waals surface area contributed by atoms with Crippen molar-refractivity contribution < 1.29 is 4.79 Å². The number of likely N-dealkylation sites (tertiary alicyclic amines) is 1. The molecular weight excluding hydrogens is 340 g/mol. The molecule has 1 amide bonds. The molecule has 0 bridgehead atoms. The maximum atomic E-state index is 12.8. The van der Waals surface area contributed by atoms with Crippen molar-refractivity contribution in [3.8, 4) is 0 Å². The number of rotatable bonds is 5. The van der Waals surface area contributed by atoms with Crippen LogP contribution in [0.1, 0.15) is 50.5 Å². The van der Waals surface area contributed by atoms with Gasteiger partial charge in [0.05, 0.1) is 18.2 Å². The molecule has 2 aliphatic rings. The van der Waals surface area contributed by atoms with Crippen LogP contribution >= 0.6 is 0 Å². The van der Waals surface area contributed by atoms with Crippen LogP contribution in [-0.4, -0.2) is 71.7 Å². The van der Waals surface area contributed by atoms with Crippen LogP contribution in [0.25, 0.3) is 0 Å². The molecule has 1 N–H and O–H groups in total. The van der Waals surface area contributed by atoms with E-state index in [0.717, 1.165) is 57.7 Å². The van der Waals surface area contributed by atoms with E-state index in [4.69, 9.17) is 4.99 Å². The fraction of sp³-hybridized carbons (Fsp3) is 0.750. The smallest absolute Gasteiger partial charge is 0.230 e. The van der Waals surface area contributed by atoms with Gasteiger partial charge >= 0.3 is 0 Å². The molecule has 2 heterocycles. The average molecular weight is 375 g/mol. The largest absolute Gasteiger partial charge is 0.357 e. The van der Waals surface area contributed by atoms with Crippen molar-refractivity contribution in [2.45, 2.75) is 44.9 Å². The lowest BCUT2D eigenvalue weighted by atomic mass is 9.85. The Morgan fingerprint density at radius 3 is 2.74 bits per heavy atom. The molecule has 0 radical (unpaired) electrons. The highest BCUT2D eigenvalue weighted by Gasteiger charge is 2.42. The van der Waals surface area contributed by atoms with Crippen molar-refractivity contribution in [3.05, 3.63) is 18.0 Å². The van der Waals surface area contributed by atoms with Gasteiger partial charge in [-0.05, 0) is 31.7 Å². The molecule has 1 aliphatic heterocycles. The van der Waals surface area contributed by atoms with Crippen molar-refractivity contribution in [2.75, 3.05) is 40.3 Å². The Morgan fingerprint density at radius 2 is 2.15 bits per heavy atom. The zero-order valence-corrected chi connectivity index (χ0v) is 17.2. The van der Waals surface area contributed by atoms with Gasteiger partial charge in [-0.15, -0.1) is 0 Å². The highest BCUT2D eigenvalue weighted by atomic mass is 16.2. The van der Waals surface area contributed by atoms with E-state index < -0.39 is 0 Å². The number of hydrogen-bond donors (Lipinski definition) is 1. The van der Waals surface area contributed by atoms with E-state index in [1.807, 2.05) is 32.0 Å².